The Bertz CT molecular complexity index is 786. The Balaban J connectivity index is 1.08. The summed E-state index contributed by atoms with van der Waals surface area (Å²) in [6.07, 6.45) is 7.64. The van der Waals surface area contributed by atoms with E-state index in [1.165, 1.54) is 17.3 Å². The van der Waals surface area contributed by atoms with Crippen molar-refractivity contribution in [2.45, 2.75) is 32.1 Å². The van der Waals surface area contributed by atoms with Gasteiger partial charge in [0.2, 0.25) is 17.8 Å². The maximum Gasteiger partial charge on any atom is 0.233 e. The minimum absolute atomic E-state index is 0.0394. The topological polar surface area (TPSA) is 69.6 Å². The van der Waals surface area contributed by atoms with Crippen molar-refractivity contribution in [1.29, 1.82) is 0 Å². The molecule has 0 aromatic carbocycles. The molecule has 1 unspecified atom stereocenters. The molecule has 5 atom stereocenters. The predicted molar refractivity (Wildman–Crippen MR) is 104 cm³/mol. The number of nitrogens with zero attached hydrogens (tertiary/aromatic N) is 5. The molecule has 2 amide bonds. The molecule has 1 aromatic heterocycles. The summed E-state index contributed by atoms with van der Waals surface area (Å²) in [6, 6.07) is 0.301. The van der Waals surface area contributed by atoms with Gasteiger partial charge < -0.3 is 4.90 Å². The molecule has 0 N–H and O–H groups in total. The molecule has 0 radical (unpaired) electrons. The van der Waals surface area contributed by atoms with Crippen LogP contribution in [0.4, 0.5) is 5.95 Å². The highest BCUT2D eigenvalue weighted by atomic mass is 16.2. The molecule has 4 aliphatic rings. The van der Waals surface area contributed by atoms with Crippen LogP contribution in [0.25, 0.3) is 0 Å². The molecular formula is C21H29N5O2. The van der Waals surface area contributed by atoms with Crippen molar-refractivity contribution >= 4 is 17.8 Å². The Kier molecular flexibility index (Phi) is 4.20. The van der Waals surface area contributed by atoms with Crippen LogP contribution in [0.3, 0.4) is 0 Å². The predicted octanol–water partition coefficient (Wildman–Crippen LogP) is 1.41. The molecule has 7 heteroatoms. The van der Waals surface area contributed by atoms with Crippen LogP contribution in [0.15, 0.2) is 18.4 Å². The number of hydrogen-bond donors (Lipinski definition) is 0. The first kappa shape index (κ1) is 15.9. The maximum absolute atomic E-state index is 12.8. The zero-order valence-corrected chi connectivity index (χ0v) is 16.2. The zero-order chi connectivity index (χ0) is 20.8. The first-order chi connectivity index (χ1) is 14.5. The number of hydrogen-bond acceptors (Lipinski definition) is 6. The molecule has 4 fully saturated rings. The largest absolute Gasteiger partial charge is 0.338 e. The Morgan fingerprint density at radius 1 is 1.00 bits per heavy atom. The van der Waals surface area contributed by atoms with Crippen molar-refractivity contribution in [3.8, 4) is 0 Å². The van der Waals surface area contributed by atoms with E-state index >= 15 is 0 Å². The van der Waals surface area contributed by atoms with Gasteiger partial charge in [0, 0.05) is 46.5 Å². The average molecular weight is 386 g/mol. The number of anilines is 1. The maximum atomic E-state index is 12.8. The van der Waals surface area contributed by atoms with Crippen LogP contribution in [-0.4, -0.2) is 70.8 Å². The summed E-state index contributed by atoms with van der Waals surface area (Å²) < 4.78 is 16.0. The van der Waals surface area contributed by atoms with Crippen molar-refractivity contribution in [2.24, 2.45) is 23.7 Å². The van der Waals surface area contributed by atoms with E-state index in [9.17, 15) is 9.59 Å². The molecule has 1 aromatic rings. The number of carbonyl (C=O) groups is 2. The molecule has 7 nitrogen and oxygen atoms in total. The third-order valence-electron chi connectivity index (χ3n) is 7.10. The van der Waals surface area contributed by atoms with Gasteiger partial charge in [-0.2, -0.15) is 0 Å². The van der Waals surface area contributed by atoms with E-state index in [0.717, 1.165) is 45.4 Å². The number of aromatic nitrogens is 2. The van der Waals surface area contributed by atoms with Crippen LogP contribution in [-0.2, 0) is 9.59 Å². The van der Waals surface area contributed by atoms with Crippen LogP contribution >= 0.6 is 0 Å². The van der Waals surface area contributed by atoms with Gasteiger partial charge in [-0.3, -0.25) is 19.4 Å². The minimum atomic E-state index is -0.327. The van der Waals surface area contributed by atoms with Gasteiger partial charge in [0.15, 0.2) is 0 Å². The molecule has 28 heavy (non-hydrogen) atoms. The van der Waals surface area contributed by atoms with E-state index in [1.807, 2.05) is 0 Å². The number of fused-ring (bicyclic) bond motifs is 5. The fourth-order valence-corrected chi connectivity index (χ4v) is 5.74. The Morgan fingerprint density at radius 3 is 2.29 bits per heavy atom. The number of imide groups is 1. The molecule has 2 saturated carbocycles. The number of rotatable bonds is 6. The lowest BCUT2D eigenvalue weighted by molar-refractivity contribution is -0.140. The van der Waals surface area contributed by atoms with Gasteiger partial charge in [0.1, 0.15) is 0 Å². The van der Waals surface area contributed by atoms with Gasteiger partial charge >= 0.3 is 0 Å². The first-order valence-corrected chi connectivity index (χ1v) is 10.6. The van der Waals surface area contributed by atoms with Gasteiger partial charge in [-0.1, -0.05) is 0 Å². The van der Waals surface area contributed by atoms with Crippen molar-refractivity contribution in [3.05, 3.63) is 18.4 Å². The third kappa shape index (κ3) is 3.09. The Hall–Kier alpha value is -2.02. The quantitative estimate of drug-likeness (QED) is 0.690. The second kappa shape index (κ2) is 7.43. The molecule has 2 bridgehead atoms. The van der Waals surface area contributed by atoms with Crippen molar-refractivity contribution < 1.29 is 12.3 Å². The van der Waals surface area contributed by atoms with Gasteiger partial charge in [-0.15, -0.1) is 0 Å². The lowest BCUT2D eigenvalue weighted by Gasteiger charge is -2.34. The fraction of sp³-hybridized carbons (Fsp3) is 0.714. The summed E-state index contributed by atoms with van der Waals surface area (Å²) in [4.78, 5) is 39.7. The monoisotopic (exact) mass is 385 g/mol. The van der Waals surface area contributed by atoms with E-state index in [0.29, 0.717) is 43.2 Å². The Morgan fingerprint density at radius 2 is 1.64 bits per heavy atom. The van der Waals surface area contributed by atoms with Crippen LogP contribution in [0.1, 0.15) is 34.8 Å². The smallest absolute Gasteiger partial charge is 0.233 e. The number of piperazine rings is 1. The Labute approximate surface area is 168 Å². The summed E-state index contributed by atoms with van der Waals surface area (Å²) in [7, 11) is 0. The second-order valence-electron chi connectivity index (χ2n) is 8.54. The average Bonchev–Trinajstić information content (AvgIpc) is 3.44. The highest BCUT2D eigenvalue weighted by molar-refractivity contribution is 6.06. The minimum Gasteiger partial charge on any atom is -0.338 e. The molecule has 2 aliphatic heterocycles. The molecule has 0 spiro atoms. The van der Waals surface area contributed by atoms with Gasteiger partial charge in [-0.05, 0) is 56.5 Å². The van der Waals surface area contributed by atoms with Crippen molar-refractivity contribution in [2.75, 3.05) is 44.1 Å². The summed E-state index contributed by atoms with van der Waals surface area (Å²) in [6.45, 7) is 3.16. The summed E-state index contributed by atoms with van der Waals surface area (Å²) >= 11 is 0. The highest BCUT2D eigenvalue weighted by Gasteiger charge is 2.60. The molecule has 2 saturated heterocycles. The summed E-state index contributed by atoms with van der Waals surface area (Å²) in [5.74, 6) is 1.55. The summed E-state index contributed by atoms with van der Waals surface area (Å²) in [5.41, 5.74) is 0. The number of amides is 2. The van der Waals surface area contributed by atoms with E-state index in [4.69, 9.17) is 2.74 Å². The first-order valence-electron chi connectivity index (χ1n) is 11.7. The summed E-state index contributed by atoms with van der Waals surface area (Å²) in [5, 5.41) is 0. The lowest BCUT2D eigenvalue weighted by atomic mass is 9.81. The van der Waals surface area contributed by atoms with Gasteiger partial charge in [-0.25, -0.2) is 9.97 Å². The second-order valence-corrected chi connectivity index (χ2v) is 8.54. The van der Waals surface area contributed by atoms with Crippen LogP contribution in [0.5, 0.6) is 0 Å². The number of carbonyl (C=O) groups excluding carboxylic acids is 2. The molecular weight excluding hydrogens is 354 g/mol. The van der Waals surface area contributed by atoms with E-state index in [1.54, 1.807) is 0 Å². The van der Waals surface area contributed by atoms with Gasteiger partial charge in [0.05, 0.1) is 13.2 Å². The van der Waals surface area contributed by atoms with Crippen molar-refractivity contribution in [3.63, 3.8) is 0 Å². The van der Waals surface area contributed by atoms with Crippen molar-refractivity contribution in [1.82, 2.24) is 19.8 Å². The number of likely N-dealkylation sites (tertiary alicyclic amines) is 1. The molecule has 150 valence electrons. The van der Waals surface area contributed by atoms with Gasteiger partial charge in [0.25, 0.3) is 0 Å². The van der Waals surface area contributed by atoms with E-state index < -0.39 is 0 Å². The molecule has 5 rings (SSSR count). The third-order valence-corrected chi connectivity index (χ3v) is 7.10. The molecule has 2 aliphatic carbocycles. The normalized spacial score (nSPS) is 34.6. The van der Waals surface area contributed by atoms with E-state index in [2.05, 4.69) is 19.8 Å². The van der Waals surface area contributed by atoms with Crippen LogP contribution in [0, 0.1) is 23.7 Å². The van der Waals surface area contributed by atoms with Crippen LogP contribution < -0.4 is 4.90 Å². The lowest BCUT2D eigenvalue weighted by Crippen LogP contribution is -2.47. The standard InChI is InChI=1S/C21H29N5O2/c27-19-17-15-4-5-16(14-15)18(17)20(28)26(19)9-2-1-8-24-10-12-25(13-11-24)21-22-6-3-7-23-21/h3,6-7,15-18H,1-2,4-5,8-14H2/t15-,16+,17-,18+/i3D,8D/t8?,15-,16+,17-,18+. The van der Waals surface area contributed by atoms with E-state index in [-0.39, 0.29) is 30.2 Å². The zero-order valence-electron chi connectivity index (χ0n) is 18.2. The fourth-order valence-electron chi connectivity index (χ4n) is 5.74. The van der Waals surface area contributed by atoms with Crippen LogP contribution in [0.2, 0.25) is 0 Å². The SMILES string of the molecule is [2H]c1cnc(N2CCN(C([2H])CCCN3C(=O)[C@@H]4[C@@H]5CC[C@@H](C5)[C@@H]4C3=O)CC2)nc1. The molecule has 3 heterocycles. The highest BCUT2D eigenvalue weighted by Crippen LogP contribution is 2.56.